The number of piperidine rings is 1. The second kappa shape index (κ2) is 9.42. The van der Waals surface area contributed by atoms with Crippen molar-refractivity contribution in [2.45, 2.75) is 45.4 Å². The van der Waals surface area contributed by atoms with Crippen molar-refractivity contribution in [3.63, 3.8) is 0 Å². The van der Waals surface area contributed by atoms with Crippen LogP contribution in [0.5, 0.6) is 5.75 Å². The Balaban J connectivity index is 1.19. The van der Waals surface area contributed by atoms with Crippen LogP contribution in [0.1, 0.15) is 43.5 Å². The highest BCUT2D eigenvalue weighted by molar-refractivity contribution is 5.98. The third-order valence-electron chi connectivity index (χ3n) is 7.27. The third-order valence-corrected chi connectivity index (χ3v) is 7.27. The summed E-state index contributed by atoms with van der Waals surface area (Å²) in [4.78, 5) is 20.8. The van der Waals surface area contributed by atoms with Gasteiger partial charge in [0, 0.05) is 49.9 Å². The Morgan fingerprint density at radius 3 is 2.42 bits per heavy atom. The average Bonchev–Trinajstić information content (AvgIpc) is 3.22. The Hall–Kier alpha value is -3.07. The van der Waals surface area contributed by atoms with Crippen LogP contribution in [0.4, 0.5) is 13.2 Å². The first-order valence-corrected chi connectivity index (χ1v) is 12.4. The lowest BCUT2D eigenvalue weighted by Crippen LogP contribution is -2.47. The molecule has 2 aromatic heterocycles. The monoisotopic (exact) mass is 500 g/mol. The molecule has 2 saturated heterocycles. The minimum Gasteiger partial charge on any atom is -0.489 e. The van der Waals surface area contributed by atoms with E-state index >= 15 is 0 Å². The number of hydrogen-bond acceptors (Lipinski definition) is 4. The van der Waals surface area contributed by atoms with E-state index in [-0.39, 0.29) is 18.6 Å². The summed E-state index contributed by atoms with van der Waals surface area (Å²) in [5, 5.41) is 0.976. The van der Waals surface area contributed by atoms with Crippen LogP contribution in [0.3, 0.4) is 0 Å². The molecule has 36 heavy (non-hydrogen) atoms. The first-order valence-electron chi connectivity index (χ1n) is 12.4. The number of nitrogens with zero attached hydrogens (tertiary/aromatic N) is 4. The van der Waals surface area contributed by atoms with Gasteiger partial charge in [0.1, 0.15) is 17.7 Å². The Bertz CT molecular complexity index is 1220. The van der Waals surface area contributed by atoms with Crippen molar-refractivity contribution < 1.29 is 22.7 Å². The smallest absolute Gasteiger partial charge is 0.395 e. The number of benzene rings is 1. The lowest BCUT2D eigenvalue weighted by atomic mass is 9.91. The van der Waals surface area contributed by atoms with E-state index in [9.17, 15) is 18.0 Å². The summed E-state index contributed by atoms with van der Waals surface area (Å²) in [7, 11) is 0. The molecule has 9 heteroatoms. The largest absolute Gasteiger partial charge is 0.489 e. The molecule has 0 radical (unpaired) electrons. The van der Waals surface area contributed by atoms with Crippen LogP contribution in [-0.4, -0.2) is 70.3 Å². The number of hydrogen-bond donors (Lipinski definition) is 0. The van der Waals surface area contributed by atoms with E-state index in [4.69, 9.17) is 4.74 Å². The zero-order valence-corrected chi connectivity index (χ0v) is 20.6. The summed E-state index contributed by atoms with van der Waals surface area (Å²) in [6, 6.07) is 11.5. The minimum atomic E-state index is -4.22. The van der Waals surface area contributed by atoms with E-state index in [0.29, 0.717) is 37.2 Å². The average molecular weight is 501 g/mol. The Labute approximate surface area is 208 Å². The fraction of sp³-hybridized carbons (Fsp3) is 0.481. The van der Waals surface area contributed by atoms with Gasteiger partial charge in [0.2, 0.25) is 0 Å². The molecule has 0 atom stereocenters. The number of carbonyl (C=O) groups is 1. The number of pyridine rings is 1. The van der Waals surface area contributed by atoms with Crippen LogP contribution < -0.4 is 4.74 Å². The molecule has 2 fully saturated rings. The van der Waals surface area contributed by atoms with Crippen molar-refractivity contribution in [2.24, 2.45) is 5.41 Å². The first kappa shape index (κ1) is 24.6. The second-order valence-electron chi connectivity index (χ2n) is 10.4. The molecule has 0 N–H and O–H groups in total. The van der Waals surface area contributed by atoms with E-state index in [0.717, 1.165) is 36.2 Å². The quantitative estimate of drug-likeness (QED) is 0.461. The van der Waals surface area contributed by atoms with Crippen LogP contribution in [0, 0.1) is 5.41 Å². The number of alkyl halides is 3. The van der Waals surface area contributed by atoms with Gasteiger partial charge in [-0.15, -0.1) is 0 Å². The van der Waals surface area contributed by atoms with E-state index in [1.807, 2.05) is 57.0 Å². The van der Waals surface area contributed by atoms with Crippen LogP contribution in [0.15, 0.2) is 48.8 Å². The molecule has 6 nitrogen and oxygen atoms in total. The topological polar surface area (TPSA) is 50.6 Å². The van der Waals surface area contributed by atoms with Gasteiger partial charge in [0.15, 0.2) is 0 Å². The standard InChI is InChI=1S/C27H31F3N4O2/c1-26(2,27(28,29)30)18-32-13-9-21(10-14-32)36-22-5-7-24(31-17-22)34-15-8-19-16-20(4-6-23(19)34)25(35)33-11-3-12-33/h4-8,15-17,21H,3,9-14,18H2,1-2H3. The maximum atomic E-state index is 13.2. The SMILES string of the molecule is CC(C)(CN1CCC(Oc2ccc(-n3ccc4cc(C(=O)N5CCC5)ccc43)nc2)CC1)C(F)(F)F. The molecule has 2 aliphatic heterocycles. The summed E-state index contributed by atoms with van der Waals surface area (Å²) in [5.41, 5.74) is -0.0653. The minimum absolute atomic E-state index is 0.00178. The maximum absolute atomic E-state index is 13.2. The van der Waals surface area contributed by atoms with Gasteiger partial charge in [0.05, 0.1) is 17.1 Å². The highest BCUT2D eigenvalue weighted by Crippen LogP contribution is 2.38. The van der Waals surface area contributed by atoms with E-state index in [1.165, 1.54) is 13.8 Å². The van der Waals surface area contributed by atoms with Crippen LogP contribution in [0.25, 0.3) is 16.7 Å². The van der Waals surface area contributed by atoms with Crippen molar-refractivity contribution in [1.29, 1.82) is 0 Å². The summed E-state index contributed by atoms with van der Waals surface area (Å²) in [6.45, 7) is 5.31. The van der Waals surface area contributed by atoms with Gasteiger partial charge in [0.25, 0.3) is 5.91 Å². The molecule has 192 valence electrons. The van der Waals surface area contributed by atoms with E-state index in [1.54, 1.807) is 6.20 Å². The van der Waals surface area contributed by atoms with Crippen LogP contribution in [-0.2, 0) is 0 Å². The van der Waals surface area contributed by atoms with Gasteiger partial charge in [-0.25, -0.2) is 4.98 Å². The molecule has 1 aromatic carbocycles. The molecule has 2 aliphatic rings. The molecule has 0 aliphatic carbocycles. The second-order valence-corrected chi connectivity index (χ2v) is 10.4. The third kappa shape index (κ3) is 4.93. The number of fused-ring (bicyclic) bond motifs is 1. The number of rotatable bonds is 6. The van der Waals surface area contributed by atoms with Gasteiger partial charge in [-0.05, 0) is 69.5 Å². The molecule has 5 rings (SSSR count). The number of halogens is 3. The van der Waals surface area contributed by atoms with Gasteiger partial charge in [-0.1, -0.05) is 0 Å². The van der Waals surface area contributed by atoms with Crippen LogP contribution in [0.2, 0.25) is 0 Å². The molecule has 0 bridgehead atoms. The Morgan fingerprint density at radius 2 is 1.81 bits per heavy atom. The Kier molecular flexibility index (Phi) is 6.44. The zero-order chi connectivity index (χ0) is 25.5. The van der Waals surface area contributed by atoms with Crippen molar-refractivity contribution in [3.8, 4) is 11.6 Å². The van der Waals surface area contributed by atoms with Gasteiger partial charge < -0.3 is 19.1 Å². The molecule has 4 heterocycles. The zero-order valence-electron chi connectivity index (χ0n) is 20.6. The normalized spacial score (nSPS) is 17.9. The Morgan fingerprint density at radius 1 is 1.06 bits per heavy atom. The summed E-state index contributed by atoms with van der Waals surface area (Å²) in [5.74, 6) is 1.46. The van der Waals surface area contributed by atoms with Crippen molar-refractivity contribution in [2.75, 3.05) is 32.7 Å². The number of ether oxygens (including phenoxy) is 1. The lowest BCUT2D eigenvalue weighted by Gasteiger charge is -2.38. The molecule has 0 saturated carbocycles. The van der Waals surface area contributed by atoms with Crippen molar-refractivity contribution >= 4 is 16.8 Å². The highest BCUT2D eigenvalue weighted by atomic mass is 19.4. The lowest BCUT2D eigenvalue weighted by molar-refractivity contribution is -0.217. The number of aromatic nitrogens is 2. The number of carbonyl (C=O) groups excluding carboxylic acids is 1. The molecule has 1 amide bonds. The molecule has 3 aromatic rings. The molecular weight excluding hydrogens is 469 g/mol. The number of amides is 1. The van der Waals surface area contributed by atoms with Gasteiger partial charge >= 0.3 is 6.18 Å². The highest BCUT2D eigenvalue weighted by Gasteiger charge is 2.48. The van der Waals surface area contributed by atoms with Crippen molar-refractivity contribution in [1.82, 2.24) is 19.4 Å². The molecule has 0 unspecified atom stereocenters. The summed E-state index contributed by atoms with van der Waals surface area (Å²) < 4.78 is 47.6. The van der Waals surface area contributed by atoms with Crippen LogP contribution >= 0.6 is 0 Å². The van der Waals surface area contributed by atoms with E-state index in [2.05, 4.69) is 4.98 Å². The predicted molar refractivity (Wildman–Crippen MR) is 132 cm³/mol. The first-order chi connectivity index (χ1) is 17.1. The van der Waals surface area contributed by atoms with Gasteiger partial charge in [-0.2, -0.15) is 13.2 Å². The molecule has 0 spiro atoms. The molecular formula is C27H31F3N4O2. The summed E-state index contributed by atoms with van der Waals surface area (Å²) >= 11 is 0. The summed E-state index contributed by atoms with van der Waals surface area (Å²) in [6.07, 6.45) is 1.78. The van der Waals surface area contributed by atoms with Crippen molar-refractivity contribution in [3.05, 3.63) is 54.4 Å². The fourth-order valence-electron chi connectivity index (χ4n) is 4.79. The fourth-order valence-corrected chi connectivity index (χ4v) is 4.79. The van der Waals surface area contributed by atoms with E-state index < -0.39 is 11.6 Å². The maximum Gasteiger partial charge on any atom is 0.395 e. The van der Waals surface area contributed by atoms with Gasteiger partial charge in [-0.3, -0.25) is 4.79 Å². The predicted octanol–water partition coefficient (Wildman–Crippen LogP) is 5.30. The number of likely N-dealkylation sites (tertiary alicyclic amines) is 2.